The molecule has 0 aliphatic carbocycles. The van der Waals surface area contributed by atoms with E-state index < -0.39 is 6.04 Å². The summed E-state index contributed by atoms with van der Waals surface area (Å²) in [6.07, 6.45) is 1.39. The van der Waals surface area contributed by atoms with Gasteiger partial charge >= 0.3 is 6.03 Å². The van der Waals surface area contributed by atoms with Gasteiger partial charge in [0.15, 0.2) is 0 Å². The number of urea groups is 1. The summed E-state index contributed by atoms with van der Waals surface area (Å²) in [4.78, 5) is 25.3. The Morgan fingerprint density at radius 3 is 2.75 bits per heavy atom. The Hall–Kier alpha value is -2.11. The Bertz CT molecular complexity index is 490. The van der Waals surface area contributed by atoms with Crippen molar-refractivity contribution in [3.8, 4) is 0 Å². The Morgan fingerprint density at radius 1 is 1.40 bits per heavy atom. The quantitative estimate of drug-likeness (QED) is 0.880. The van der Waals surface area contributed by atoms with Crippen LogP contribution in [0.2, 0.25) is 0 Å². The minimum atomic E-state index is -0.517. The van der Waals surface area contributed by atoms with Crippen molar-refractivity contribution >= 4 is 17.6 Å². The van der Waals surface area contributed by atoms with Gasteiger partial charge in [0.05, 0.1) is 0 Å². The molecule has 1 aromatic carbocycles. The van der Waals surface area contributed by atoms with Crippen molar-refractivity contribution in [3.05, 3.63) is 30.1 Å². The fraction of sp³-hybridized carbons (Fsp3) is 0.429. The summed E-state index contributed by atoms with van der Waals surface area (Å²) in [5.74, 6) is -0.503. The lowest BCUT2D eigenvalue weighted by molar-refractivity contribution is -0.118. The molecule has 5 nitrogen and oxygen atoms in total. The smallest absolute Gasteiger partial charge is 0.315 e. The zero-order chi connectivity index (χ0) is 14.5. The minimum absolute atomic E-state index is 0.164. The van der Waals surface area contributed by atoms with Gasteiger partial charge in [0.25, 0.3) is 0 Å². The van der Waals surface area contributed by atoms with Crippen molar-refractivity contribution in [2.75, 3.05) is 18.0 Å². The number of carbonyl (C=O) groups is 2. The fourth-order valence-corrected chi connectivity index (χ4v) is 2.14. The first-order chi connectivity index (χ1) is 9.61. The maximum absolute atomic E-state index is 12.9. The number of nitrogens with one attached hydrogen (secondary N) is 2. The third kappa shape index (κ3) is 3.26. The second-order valence-electron chi connectivity index (χ2n) is 4.71. The van der Waals surface area contributed by atoms with E-state index in [9.17, 15) is 14.0 Å². The molecule has 1 saturated heterocycles. The number of amides is 3. The molecular weight excluding hydrogens is 261 g/mol. The summed E-state index contributed by atoms with van der Waals surface area (Å²) in [6.45, 7) is 3.05. The predicted molar refractivity (Wildman–Crippen MR) is 74.0 cm³/mol. The standard InChI is InChI=1S/C14H18FN3O2/c1-2-8-16-14(20)17-12-7-9-18(13(12)19)11-5-3-10(15)4-6-11/h3-6,12H,2,7-9H2,1H3,(H2,16,17,20). The average molecular weight is 279 g/mol. The van der Waals surface area contributed by atoms with Gasteiger partial charge in [-0.3, -0.25) is 4.79 Å². The molecule has 0 spiro atoms. The van der Waals surface area contributed by atoms with Crippen LogP contribution in [0.4, 0.5) is 14.9 Å². The molecule has 6 heteroatoms. The van der Waals surface area contributed by atoms with Crippen LogP contribution >= 0.6 is 0 Å². The van der Waals surface area contributed by atoms with Gasteiger partial charge in [-0.25, -0.2) is 9.18 Å². The van der Waals surface area contributed by atoms with Gasteiger partial charge in [-0.05, 0) is 37.1 Å². The van der Waals surface area contributed by atoms with E-state index in [0.29, 0.717) is 25.2 Å². The molecule has 0 radical (unpaired) electrons. The van der Waals surface area contributed by atoms with E-state index in [1.807, 2.05) is 6.92 Å². The van der Waals surface area contributed by atoms with Crippen molar-refractivity contribution in [2.24, 2.45) is 0 Å². The number of benzene rings is 1. The van der Waals surface area contributed by atoms with Crippen molar-refractivity contribution in [2.45, 2.75) is 25.8 Å². The molecule has 108 valence electrons. The number of halogens is 1. The monoisotopic (exact) mass is 279 g/mol. The molecule has 0 bridgehead atoms. The lowest BCUT2D eigenvalue weighted by Gasteiger charge is -2.17. The second-order valence-corrected chi connectivity index (χ2v) is 4.71. The van der Waals surface area contributed by atoms with E-state index in [4.69, 9.17) is 0 Å². The molecule has 1 fully saturated rings. The number of rotatable bonds is 4. The maximum atomic E-state index is 12.9. The first kappa shape index (κ1) is 14.3. The highest BCUT2D eigenvalue weighted by Gasteiger charge is 2.33. The topological polar surface area (TPSA) is 61.4 Å². The van der Waals surface area contributed by atoms with Crippen LogP contribution in [0.1, 0.15) is 19.8 Å². The summed E-state index contributed by atoms with van der Waals surface area (Å²) in [5, 5.41) is 5.33. The average Bonchev–Trinajstić information content (AvgIpc) is 2.79. The molecule has 1 aliphatic heterocycles. The summed E-state index contributed by atoms with van der Waals surface area (Å²) in [6, 6.07) is 4.91. The van der Waals surface area contributed by atoms with Crippen LogP contribution in [0, 0.1) is 5.82 Å². The van der Waals surface area contributed by atoms with E-state index in [2.05, 4.69) is 10.6 Å². The number of nitrogens with zero attached hydrogens (tertiary/aromatic N) is 1. The highest BCUT2D eigenvalue weighted by molar-refractivity contribution is 6.01. The van der Waals surface area contributed by atoms with Gasteiger partial charge in [-0.15, -0.1) is 0 Å². The molecular formula is C14H18FN3O2. The number of hydrogen-bond acceptors (Lipinski definition) is 2. The van der Waals surface area contributed by atoms with E-state index in [-0.39, 0.29) is 17.8 Å². The molecule has 0 aromatic heterocycles. The Morgan fingerprint density at radius 2 is 2.10 bits per heavy atom. The SMILES string of the molecule is CCCNC(=O)NC1CCN(c2ccc(F)cc2)C1=O. The van der Waals surface area contributed by atoms with Gasteiger partial charge in [-0.2, -0.15) is 0 Å². The predicted octanol–water partition coefficient (Wildman–Crippen LogP) is 1.64. The maximum Gasteiger partial charge on any atom is 0.315 e. The fourth-order valence-electron chi connectivity index (χ4n) is 2.14. The Kier molecular flexibility index (Phi) is 4.55. The lowest BCUT2D eigenvalue weighted by atomic mass is 10.2. The largest absolute Gasteiger partial charge is 0.338 e. The van der Waals surface area contributed by atoms with Crippen molar-refractivity contribution in [3.63, 3.8) is 0 Å². The molecule has 0 saturated carbocycles. The van der Waals surface area contributed by atoms with Gasteiger partial charge in [0.1, 0.15) is 11.9 Å². The van der Waals surface area contributed by atoms with Crippen LogP contribution in [-0.4, -0.2) is 31.1 Å². The van der Waals surface area contributed by atoms with Crippen LogP contribution in [0.5, 0.6) is 0 Å². The third-order valence-electron chi connectivity index (χ3n) is 3.18. The highest BCUT2D eigenvalue weighted by Crippen LogP contribution is 2.21. The van der Waals surface area contributed by atoms with Gasteiger partial charge < -0.3 is 15.5 Å². The lowest BCUT2D eigenvalue weighted by Crippen LogP contribution is -2.46. The van der Waals surface area contributed by atoms with Crippen molar-refractivity contribution in [1.82, 2.24) is 10.6 Å². The van der Waals surface area contributed by atoms with Gasteiger partial charge in [0, 0.05) is 18.8 Å². The van der Waals surface area contributed by atoms with Crippen LogP contribution in [0.15, 0.2) is 24.3 Å². The molecule has 3 amide bonds. The zero-order valence-corrected chi connectivity index (χ0v) is 11.4. The Balaban J connectivity index is 1.95. The number of hydrogen-bond donors (Lipinski definition) is 2. The van der Waals surface area contributed by atoms with Crippen LogP contribution < -0.4 is 15.5 Å². The number of anilines is 1. The van der Waals surface area contributed by atoms with Gasteiger partial charge in [-0.1, -0.05) is 6.92 Å². The molecule has 1 heterocycles. The highest BCUT2D eigenvalue weighted by atomic mass is 19.1. The molecule has 1 aliphatic rings. The van der Waals surface area contributed by atoms with Crippen molar-refractivity contribution < 1.29 is 14.0 Å². The molecule has 2 rings (SSSR count). The first-order valence-electron chi connectivity index (χ1n) is 6.73. The summed E-state index contributed by atoms with van der Waals surface area (Å²) >= 11 is 0. The minimum Gasteiger partial charge on any atom is -0.338 e. The van der Waals surface area contributed by atoms with Crippen LogP contribution in [0.3, 0.4) is 0 Å². The second kappa shape index (κ2) is 6.36. The molecule has 1 atom stereocenters. The van der Waals surface area contributed by atoms with Crippen LogP contribution in [0.25, 0.3) is 0 Å². The van der Waals surface area contributed by atoms with E-state index in [1.165, 1.54) is 12.1 Å². The summed E-state index contributed by atoms with van der Waals surface area (Å²) in [7, 11) is 0. The Labute approximate surface area is 117 Å². The summed E-state index contributed by atoms with van der Waals surface area (Å²) < 4.78 is 12.9. The molecule has 20 heavy (non-hydrogen) atoms. The third-order valence-corrected chi connectivity index (χ3v) is 3.18. The molecule has 1 unspecified atom stereocenters. The summed E-state index contributed by atoms with van der Waals surface area (Å²) in [5.41, 5.74) is 0.648. The van der Waals surface area contributed by atoms with E-state index in [1.54, 1.807) is 17.0 Å². The van der Waals surface area contributed by atoms with E-state index >= 15 is 0 Å². The van der Waals surface area contributed by atoms with E-state index in [0.717, 1.165) is 6.42 Å². The van der Waals surface area contributed by atoms with Crippen LogP contribution in [-0.2, 0) is 4.79 Å². The number of carbonyl (C=O) groups excluding carboxylic acids is 2. The molecule has 1 aromatic rings. The van der Waals surface area contributed by atoms with Crippen molar-refractivity contribution in [1.29, 1.82) is 0 Å². The normalized spacial score (nSPS) is 18.2. The zero-order valence-electron chi connectivity index (χ0n) is 11.4. The first-order valence-corrected chi connectivity index (χ1v) is 6.73. The molecule has 2 N–H and O–H groups in total. The van der Waals surface area contributed by atoms with Gasteiger partial charge in [0.2, 0.25) is 5.91 Å².